The third-order valence-electron chi connectivity index (χ3n) is 6.14. The Balaban J connectivity index is 2.79. The van der Waals surface area contributed by atoms with Gasteiger partial charge in [-0.1, -0.05) is 32.9 Å². The van der Waals surface area contributed by atoms with Gasteiger partial charge >= 0.3 is 18.1 Å². The fourth-order valence-corrected chi connectivity index (χ4v) is 4.62. The number of rotatable bonds is 9. The summed E-state index contributed by atoms with van der Waals surface area (Å²) in [5.41, 5.74) is 0.830. The summed E-state index contributed by atoms with van der Waals surface area (Å²) >= 11 is 0. The van der Waals surface area contributed by atoms with E-state index in [0.29, 0.717) is 41.1 Å². The molecule has 0 heterocycles. The third-order valence-corrected chi connectivity index (χ3v) is 6.14. The molecule has 2 aromatic rings. The number of nitrogens with one attached hydrogen (secondary N) is 2. The predicted molar refractivity (Wildman–Crippen MR) is 139 cm³/mol. The van der Waals surface area contributed by atoms with Crippen LogP contribution in [0, 0.1) is 22.3 Å². The van der Waals surface area contributed by atoms with E-state index in [1.807, 2.05) is 27.7 Å². The number of halogens is 3. The number of nitrogens with zero attached hydrogens (tertiary/aromatic N) is 2. The molecule has 0 fully saturated rings. The Morgan fingerprint density at radius 3 is 2.32 bits per heavy atom. The van der Waals surface area contributed by atoms with Crippen LogP contribution in [0.25, 0.3) is 11.1 Å². The molecule has 0 radical (unpaired) electrons. The van der Waals surface area contributed by atoms with Crippen molar-refractivity contribution in [3.63, 3.8) is 0 Å². The van der Waals surface area contributed by atoms with Crippen molar-refractivity contribution in [3.05, 3.63) is 53.1 Å². The van der Waals surface area contributed by atoms with Crippen LogP contribution in [0.3, 0.4) is 0 Å². The molecule has 2 aromatic carbocycles. The Morgan fingerprint density at radius 2 is 1.79 bits per heavy atom. The standard InChI is InChI=1S/C28H36F3N4O3/c1-7-35(17-27(3,4)5,26(33)34-18-32)16-20-15-21(28(29,30)31)10-11-22(20)23-13-19(9-12-24(23)37-6)14-25(36)38-8-2/h9-13,15H,7-8,14,16-17H2,1-6H3,(H2,33,34)/q+1. The minimum Gasteiger partial charge on any atom is -0.496 e. The normalized spacial score (nSPS) is 13.3. The van der Waals surface area contributed by atoms with E-state index in [0.717, 1.165) is 12.1 Å². The third kappa shape index (κ3) is 7.71. The highest BCUT2D eigenvalue weighted by molar-refractivity contribution is 5.78. The van der Waals surface area contributed by atoms with Gasteiger partial charge in [0, 0.05) is 16.5 Å². The van der Waals surface area contributed by atoms with Crippen LogP contribution in [0.4, 0.5) is 13.2 Å². The summed E-state index contributed by atoms with van der Waals surface area (Å²) in [6.45, 7) is 10.5. The molecule has 2 rings (SSSR count). The molecule has 1 atom stereocenters. The van der Waals surface area contributed by atoms with Gasteiger partial charge in [0.25, 0.3) is 0 Å². The maximum atomic E-state index is 13.8. The zero-order valence-electron chi connectivity index (χ0n) is 22.8. The number of esters is 1. The van der Waals surface area contributed by atoms with Crippen molar-refractivity contribution < 1.29 is 31.9 Å². The summed E-state index contributed by atoms with van der Waals surface area (Å²) in [5.74, 6) is -0.0929. The summed E-state index contributed by atoms with van der Waals surface area (Å²) in [5, 5.41) is 20.3. The second kappa shape index (κ2) is 12.3. The number of benzene rings is 2. The highest BCUT2D eigenvalue weighted by Gasteiger charge is 2.39. The lowest BCUT2D eigenvalue weighted by molar-refractivity contribution is -0.862. The lowest BCUT2D eigenvalue weighted by Gasteiger charge is -2.40. The molecular formula is C28H36F3N4O3+. The summed E-state index contributed by atoms with van der Waals surface area (Å²) in [4.78, 5) is 12.1. The number of nitriles is 1. The average Bonchev–Trinajstić information content (AvgIpc) is 2.82. The predicted octanol–water partition coefficient (Wildman–Crippen LogP) is 5.87. The van der Waals surface area contributed by atoms with E-state index in [9.17, 15) is 23.2 Å². The summed E-state index contributed by atoms with van der Waals surface area (Å²) in [6, 6.07) is 8.60. The molecule has 38 heavy (non-hydrogen) atoms. The lowest BCUT2D eigenvalue weighted by atomic mass is 9.91. The highest BCUT2D eigenvalue weighted by Crippen LogP contribution is 2.39. The molecule has 0 aliphatic heterocycles. The Morgan fingerprint density at radius 1 is 1.11 bits per heavy atom. The summed E-state index contributed by atoms with van der Waals surface area (Å²) in [7, 11) is 1.46. The molecular weight excluding hydrogens is 497 g/mol. The number of carbonyl (C=O) groups is 1. The summed E-state index contributed by atoms with van der Waals surface area (Å²) < 4.78 is 52.0. The molecule has 0 saturated heterocycles. The van der Waals surface area contributed by atoms with Gasteiger partial charge in [0.05, 0.1) is 38.8 Å². The molecule has 0 aliphatic rings. The lowest BCUT2D eigenvalue weighted by Crippen LogP contribution is -2.59. The number of methoxy groups -OCH3 is 1. The Bertz CT molecular complexity index is 1200. The SMILES string of the molecule is CCOC(=O)Cc1ccc(OC)c(-c2ccc(C(F)(F)F)cc2C[N+](CC)(CC(C)(C)C)C(=N)NC#N)c1. The monoisotopic (exact) mass is 533 g/mol. The van der Waals surface area contributed by atoms with E-state index in [4.69, 9.17) is 14.9 Å². The Hall–Kier alpha value is -3.58. The van der Waals surface area contributed by atoms with Gasteiger partial charge in [0.15, 0.2) is 6.19 Å². The molecule has 206 valence electrons. The number of quaternary nitrogens is 1. The largest absolute Gasteiger partial charge is 0.496 e. The van der Waals surface area contributed by atoms with Crippen LogP contribution in [-0.2, 0) is 28.7 Å². The molecule has 1 unspecified atom stereocenters. The van der Waals surface area contributed by atoms with E-state index in [1.165, 1.54) is 13.2 Å². The van der Waals surface area contributed by atoms with Gasteiger partial charge in [-0.3, -0.25) is 9.28 Å². The summed E-state index contributed by atoms with van der Waals surface area (Å²) in [6.07, 6.45) is -2.80. The van der Waals surface area contributed by atoms with Crippen molar-refractivity contribution >= 4 is 11.9 Å². The van der Waals surface area contributed by atoms with Crippen molar-refractivity contribution in [1.82, 2.24) is 5.32 Å². The highest BCUT2D eigenvalue weighted by atomic mass is 19.4. The van der Waals surface area contributed by atoms with Crippen LogP contribution in [-0.4, -0.2) is 43.2 Å². The van der Waals surface area contributed by atoms with Crippen molar-refractivity contribution in [2.24, 2.45) is 5.41 Å². The van der Waals surface area contributed by atoms with E-state index in [-0.39, 0.29) is 35.4 Å². The molecule has 0 amide bonds. The van der Waals surface area contributed by atoms with Crippen LogP contribution in [0.15, 0.2) is 36.4 Å². The van der Waals surface area contributed by atoms with Gasteiger partial charge in [-0.25, -0.2) is 10.7 Å². The number of ether oxygens (including phenoxy) is 2. The van der Waals surface area contributed by atoms with Gasteiger partial charge in [-0.15, -0.1) is 0 Å². The number of hydrogen-bond acceptors (Lipinski definition) is 5. The van der Waals surface area contributed by atoms with Gasteiger partial charge in [0.1, 0.15) is 12.3 Å². The second-order valence-electron chi connectivity index (χ2n) is 10.3. The van der Waals surface area contributed by atoms with Gasteiger partial charge in [-0.2, -0.15) is 18.4 Å². The topological polar surface area (TPSA) is 95.2 Å². The van der Waals surface area contributed by atoms with Crippen molar-refractivity contribution in [2.45, 2.75) is 53.8 Å². The fraction of sp³-hybridized carbons (Fsp3) is 0.464. The Kier molecular flexibility index (Phi) is 9.93. The molecule has 10 heteroatoms. The van der Waals surface area contributed by atoms with Crippen LogP contribution >= 0.6 is 0 Å². The quantitative estimate of drug-likeness (QED) is 0.105. The number of alkyl halides is 3. The van der Waals surface area contributed by atoms with Crippen LogP contribution in [0.1, 0.15) is 51.3 Å². The van der Waals surface area contributed by atoms with Crippen molar-refractivity contribution in [2.75, 3.05) is 26.8 Å². The zero-order chi connectivity index (χ0) is 28.7. The van der Waals surface area contributed by atoms with Crippen LogP contribution in [0.5, 0.6) is 5.75 Å². The first-order valence-corrected chi connectivity index (χ1v) is 12.3. The van der Waals surface area contributed by atoms with Gasteiger partial charge in [-0.05, 0) is 49.2 Å². The Labute approximate surface area is 222 Å². The fourth-order valence-electron chi connectivity index (χ4n) is 4.62. The van der Waals surface area contributed by atoms with Crippen LogP contribution < -0.4 is 10.1 Å². The number of hydrogen-bond donors (Lipinski definition) is 2. The van der Waals surface area contributed by atoms with Crippen LogP contribution in [0.2, 0.25) is 0 Å². The first kappa shape index (κ1) is 30.6. The van der Waals surface area contributed by atoms with E-state index >= 15 is 0 Å². The zero-order valence-corrected chi connectivity index (χ0v) is 22.8. The average molecular weight is 534 g/mol. The van der Waals surface area contributed by atoms with Crippen molar-refractivity contribution in [1.29, 1.82) is 10.7 Å². The molecule has 0 saturated carbocycles. The van der Waals surface area contributed by atoms with Gasteiger partial charge in [0.2, 0.25) is 0 Å². The van der Waals surface area contributed by atoms with E-state index in [1.54, 1.807) is 31.3 Å². The first-order chi connectivity index (χ1) is 17.7. The molecule has 7 nitrogen and oxygen atoms in total. The maximum Gasteiger partial charge on any atom is 0.416 e. The molecule has 2 N–H and O–H groups in total. The number of guanidine groups is 1. The van der Waals surface area contributed by atoms with Gasteiger partial charge < -0.3 is 9.47 Å². The molecule has 0 aromatic heterocycles. The van der Waals surface area contributed by atoms with E-state index in [2.05, 4.69) is 5.32 Å². The smallest absolute Gasteiger partial charge is 0.416 e. The molecule has 0 spiro atoms. The maximum absolute atomic E-state index is 13.8. The minimum absolute atomic E-state index is 0.00345. The minimum atomic E-state index is -4.58. The molecule has 0 bridgehead atoms. The number of carbonyl (C=O) groups excluding carboxylic acids is 1. The van der Waals surface area contributed by atoms with Crippen molar-refractivity contribution in [3.8, 4) is 23.1 Å². The van der Waals surface area contributed by atoms with E-state index < -0.39 is 17.7 Å². The second-order valence-corrected chi connectivity index (χ2v) is 10.3. The molecule has 0 aliphatic carbocycles. The first-order valence-electron chi connectivity index (χ1n) is 12.3.